The first kappa shape index (κ1) is 14.1. The molecule has 0 saturated heterocycles. The Hall–Kier alpha value is -1.01. The van der Waals surface area contributed by atoms with Gasteiger partial charge in [0.1, 0.15) is 0 Å². The second-order valence-corrected chi connectivity index (χ2v) is 4.56. The second kappa shape index (κ2) is 6.07. The fourth-order valence-corrected chi connectivity index (χ4v) is 1.64. The van der Waals surface area contributed by atoms with Gasteiger partial charge in [0.25, 0.3) is 5.92 Å². The number of carbonyl (C=O) groups is 1. The van der Waals surface area contributed by atoms with Gasteiger partial charge in [-0.2, -0.15) is 0 Å². The maximum atomic E-state index is 12.8. The van der Waals surface area contributed by atoms with Crippen LogP contribution in [-0.2, 0) is 11.2 Å². The van der Waals surface area contributed by atoms with E-state index in [0.29, 0.717) is 0 Å². The van der Waals surface area contributed by atoms with Crippen molar-refractivity contribution in [3.63, 3.8) is 0 Å². The van der Waals surface area contributed by atoms with E-state index in [0.717, 1.165) is 10.0 Å². The lowest BCUT2D eigenvalue weighted by Crippen LogP contribution is -2.42. The summed E-state index contributed by atoms with van der Waals surface area (Å²) in [5.74, 6) is -3.50. The summed E-state index contributed by atoms with van der Waals surface area (Å²) in [6.45, 7) is -1.50. The number of hydrogen-bond donors (Lipinski definition) is 2. The smallest absolute Gasteiger partial charge is 0.277 e. The van der Waals surface area contributed by atoms with Crippen molar-refractivity contribution in [2.24, 2.45) is 5.73 Å². The molecule has 1 aromatic carbocycles. The van der Waals surface area contributed by atoms with Gasteiger partial charge in [-0.05, 0) is 17.7 Å². The van der Waals surface area contributed by atoms with E-state index in [4.69, 9.17) is 5.73 Å². The third-order valence-corrected chi connectivity index (χ3v) is 2.59. The molecule has 0 bridgehead atoms. The lowest BCUT2D eigenvalue weighted by Gasteiger charge is -2.14. The molecule has 0 atom stereocenters. The molecule has 94 valence electrons. The molecule has 0 aliphatic carbocycles. The number of alkyl halides is 2. The van der Waals surface area contributed by atoms with Crippen LogP contribution in [0.15, 0.2) is 28.7 Å². The van der Waals surface area contributed by atoms with Crippen molar-refractivity contribution < 1.29 is 13.6 Å². The largest absolute Gasteiger partial charge is 0.350 e. The molecule has 0 saturated carbocycles. The van der Waals surface area contributed by atoms with Crippen LogP contribution in [0.4, 0.5) is 8.78 Å². The van der Waals surface area contributed by atoms with E-state index in [1.807, 2.05) is 6.07 Å². The van der Waals surface area contributed by atoms with Crippen LogP contribution in [0.5, 0.6) is 0 Å². The number of hydrogen-bond acceptors (Lipinski definition) is 2. The van der Waals surface area contributed by atoms with E-state index in [2.05, 4.69) is 21.2 Å². The molecular weight excluding hydrogens is 294 g/mol. The van der Waals surface area contributed by atoms with Crippen molar-refractivity contribution in [1.29, 1.82) is 0 Å². The molecule has 0 aromatic heterocycles. The van der Waals surface area contributed by atoms with Crippen LogP contribution in [0, 0.1) is 0 Å². The van der Waals surface area contributed by atoms with Gasteiger partial charge in [0.15, 0.2) is 0 Å². The summed E-state index contributed by atoms with van der Waals surface area (Å²) >= 11 is 3.27. The van der Waals surface area contributed by atoms with E-state index >= 15 is 0 Å². The van der Waals surface area contributed by atoms with Crippen molar-refractivity contribution in [3.8, 4) is 0 Å². The summed E-state index contributed by atoms with van der Waals surface area (Å²) in [4.78, 5) is 11.4. The van der Waals surface area contributed by atoms with Crippen LogP contribution in [0.25, 0.3) is 0 Å². The lowest BCUT2D eigenvalue weighted by atomic mass is 10.1. The Morgan fingerprint density at radius 3 is 2.76 bits per heavy atom. The summed E-state index contributed by atoms with van der Waals surface area (Å²) < 4.78 is 26.4. The van der Waals surface area contributed by atoms with Gasteiger partial charge in [0.05, 0.1) is 19.5 Å². The number of carbonyl (C=O) groups excluding carboxylic acids is 1. The minimum absolute atomic E-state index is 0.0695. The van der Waals surface area contributed by atoms with Crippen molar-refractivity contribution in [3.05, 3.63) is 34.3 Å². The molecule has 0 radical (unpaired) electrons. The maximum absolute atomic E-state index is 12.8. The zero-order valence-corrected chi connectivity index (χ0v) is 10.6. The summed E-state index contributed by atoms with van der Waals surface area (Å²) in [6.07, 6.45) is 0.0695. The maximum Gasteiger partial charge on any atom is 0.277 e. The number of rotatable bonds is 5. The molecule has 0 aliphatic heterocycles. The Kier molecular flexibility index (Phi) is 5.02. The molecular formula is C11H13BrF2N2O. The first-order valence-corrected chi connectivity index (χ1v) is 5.81. The highest BCUT2D eigenvalue weighted by atomic mass is 79.9. The van der Waals surface area contributed by atoms with Gasteiger partial charge in [0, 0.05) is 4.47 Å². The first-order valence-electron chi connectivity index (χ1n) is 5.02. The molecule has 17 heavy (non-hydrogen) atoms. The topological polar surface area (TPSA) is 55.1 Å². The second-order valence-electron chi connectivity index (χ2n) is 3.64. The molecule has 1 aromatic rings. The fraction of sp³-hybridized carbons (Fsp3) is 0.364. The van der Waals surface area contributed by atoms with Crippen molar-refractivity contribution in [1.82, 2.24) is 5.32 Å². The van der Waals surface area contributed by atoms with Gasteiger partial charge in [-0.3, -0.25) is 4.79 Å². The first-order chi connectivity index (χ1) is 7.93. The summed E-state index contributed by atoms with van der Waals surface area (Å²) in [5, 5.41) is 2.16. The average molecular weight is 307 g/mol. The van der Waals surface area contributed by atoms with Crippen molar-refractivity contribution >= 4 is 21.8 Å². The summed E-state index contributed by atoms with van der Waals surface area (Å²) in [5.41, 5.74) is 5.61. The van der Waals surface area contributed by atoms with Crippen LogP contribution < -0.4 is 11.1 Å². The molecule has 1 amide bonds. The molecule has 3 nitrogen and oxygen atoms in total. The Labute approximate surface area is 107 Å². The third kappa shape index (κ3) is 5.23. The highest BCUT2D eigenvalue weighted by Crippen LogP contribution is 2.12. The third-order valence-electron chi connectivity index (χ3n) is 2.10. The quantitative estimate of drug-likeness (QED) is 0.870. The van der Waals surface area contributed by atoms with Gasteiger partial charge in [-0.15, -0.1) is 0 Å². The molecule has 0 fully saturated rings. The average Bonchev–Trinajstić information content (AvgIpc) is 2.27. The molecule has 0 spiro atoms. The predicted octanol–water partition coefficient (Wildman–Crippen LogP) is 1.70. The number of benzene rings is 1. The van der Waals surface area contributed by atoms with E-state index in [1.165, 1.54) is 0 Å². The van der Waals surface area contributed by atoms with Gasteiger partial charge < -0.3 is 11.1 Å². The van der Waals surface area contributed by atoms with Crippen molar-refractivity contribution in [2.75, 3.05) is 13.1 Å². The van der Waals surface area contributed by atoms with Crippen molar-refractivity contribution in [2.45, 2.75) is 12.3 Å². The summed E-state index contributed by atoms with van der Waals surface area (Å²) in [6, 6.07) is 7.12. The van der Waals surface area contributed by atoms with Gasteiger partial charge >= 0.3 is 0 Å². The minimum atomic E-state index is -3.05. The molecule has 0 heterocycles. The van der Waals surface area contributed by atoms with E-state index in [9.17, 15) is 13.6 Å². The van der Waals surface area contributed by atoms with Gasteiger partial charge in [-0.25, -0.2) is 8.78 Å². The van der Waals surface area contributed by atoms with Gasteiger partial charge in [0.2, 0.25) is 5.91 Å². The predicted molar refractivity (Wildman–Crippen MR) is 64.9 cm³/mol. The number of nitrogens with two attached hydrogens (primary N) is 1. The normalized spacial score (nSPS) is 11.3. The monoisotopic (exact) mass is 306 g/mol. The molecule has 0 aliphatic rings. The van der Waals surface area contributed by atoms with E-state index in [1.54, 1.807) is 18.2 Å². The number of nitrogens with one attached hydrogen (secondary N) is 1. The lowest BCUT2D eigenvalue weighted by molar-refractivity contribution is -0.122. The fourth-order valence-electron chi connectivity index (χ4n) is 1.19. The SMILES string of the molecule is NCC(F)(F)CNC(=O)Cc1cccc(Br)c1. The zero-order chi connectivity index (χ0) is 12.9. The van der Waals surface area contributed by atoms with Crippen LogP contribution in [0.3, 0.4) is 0 Å². The van der Waals surface area contributed by atoms with E-state index < -0.39 is 24.9 Å². The Morgan fingerprint density at radius 2 is 2.18 bits per heavy atom. The Bertz CT molecular complexity index is 399. The van der Waals surface area contributed by atoms with Crippen LogP contribution in [0.1, 0.15) is 5.56 Å². The molecule has 3 N–H and O–H groups in total. The Morgan fingerprint density at radius 1 is 1.47 bits per heavy atom. The Balaban J connectivity index is 2.45. The number of halogens is 3. The highest BCUT2D eigenvalue weighted by molar-refractivity contribution is 9.10. The van der Waals surface area contributed by atoms with Gasteiger partial charge in [-0.1, -0.05) is 28.1 Å². The van der Waals surface area contributed by atoms with E-state index in [-0.39, 0.29) is 6.42 Å². The number of amides is 1. The van der Waals surface area contributed by atoms with Crippen LogP contribution in [-0.4, -0.2) is 24.9 Å². The highest BCUT2D eigenvalue weighted by Gasteiger charge is 2.26. The zero-order valence-electron chi connectivity index (χ0n) is 9.05. The molecule has 1 rings (SSSR count). The standard InChI is InChI=1S/C11H13BrF2N2O/c12-9-3-1-2-8(4-9)5-10(17)16-7-11(13,14)6-15/h1-4H,5-7,15H2,(H,16,17). The minimum Gasteiger partial charge on any atom is -0.350 e. The summed E-state index contributed by atoms with van der Waals surface area (Å²) in [7, 11) is 0. The molecule has 0 unspecified atom stereocenters. The van der Waals surface area contributed by atoms with Crippen LogP contribution >= 0.6 is 15.9 Å². The van der Waals surface area contributed by atoms with Crippen LogP contribution in [0.2, 0.25) is 0 Å². The molecule has 6 heteroatoms.